The van der Waals surface area contributed by atoms with Crippen LogP contribution in [0.15, 0.2) is 29.4 Å². The summed E-state index contributed by atoms with van der Waals surface area (Å²) < 4.78 is 1.10. The molecule has 0 saturated carbocycles. The summed E-state index contributed by atoms with van der Waals surface area (Å²) in [6.45, 7) is 1.97. The van der Waals surface area contributed by atoms with E-state index in [1.807, 2.05) is 19.1 Å². The van der Waals surface area contributed by atoms with Gasteiger partial charge in [-0.1, -0.05) is 17.7 Å². The molecule has 1 aromatic rings. The SMILES string of the molecule is Cc1ccc(N(Cl)N=CC(C#N)C#N)cc1. The second-order valence-electron chi connectivity index (χ2n) is 3.10. The molecule has 1 rings (SSSR count). The smallest absolute Gasteiger partial charge is 0.170 e. The van der Waals surface area contributed by atoms with E-state index in [1.54, 1.807) is 24.3 Å². The van der Waals surface area contributed by atoms with Gasteiger partial charge in [-0.15, -0.1) is 0 Å². The molecule has 0 N–H and O–H groups in total. The van der Waals surface area contributed by atoms with Crippen LogP contribution in [-0.2, 0) is 0 Å². The van der Waals surface area contributed by atoms with Gasteiger partial charge in [-0.05, 0) is 19.1 Å². The van der Waals surface area contributed by atoms with Gasteiger partial charge < -0.3 is 0 Å². The average Bonchev–Trinajstić information content (AvgIpc) is 2.31. The van der Waals surface area contributed by atoms with Crippen LogP contribution in [0.2, 0.25) is 0 Å². The van der Waals surface area contributed by atoms with Crippen molar-refractivity contribution in [3.63, 3.8) is 0 Å². The maximum absolute atomic E-state index is 8.52. The van der Waals surface area contributed by atoms with Crippen LogP contribution in [0.1, 0.15) is 5.56 Å². The Morgan fingerprint density at radius 3 is 2.38 bits per heavy atom. The van der Waals surface area contributed by atoms with E-state index in [9.17, 15) is 0 Å². The number of aryl methyl sites for hydroxylation is 1. The molecule has 0 saturated heterocycles. The monoisotopic (exact) mass is 232 g/mol. The number of anilines is 1. The molecular formula is C11H9ClN4. The number of rotatable bonds is 3. The van der Waals surface area contributed by atoms with E-state index in [0.29, 0.717) is 5.69 Å². The van der Waals surface area contributed by atoms with Gasteiger partial charge in [0.05, 0.1) is 24.0 Å². The number of hydrazone groups is 1. The van der Waals surface area contributed by atoms with E-state index in [0.717, 1.165) is 10.1 Å². The first kappa shape index (κ1) is 12.0. The van der Waals surface area contributed by atoms with Gasteiger partial charge >= 0.3 is 0 Å². The van der Waals surface area contributed by atoms with Crippen molar-refractivity contribution in [2.75, 3.05) is 4.53 Å². The van der Waals surface area contributed by atoms with Crippen LogP contribution < -0.4 is 4.53 Å². The average molecular weight is 233 g/mol. The van der Waals surface area contributed by atoms with Gasteiger partial charge in [0, 0.05) is 11.8 Å². The second kappa shape index (κ2) is 5.75. The molecular weight excluding hydrogens is 224 g/mol. The minimum Gasteiger partial charge on any atom is -0.196 e. The van der Waals surface area contributed by atoms with E-state index < -0.39 is 5.92 Å². The molecule has 0 amide bonds. The summed E-state index contributed by atoms with van der Waals surface area (Å²) in [5.41, 5.74) is 1.79. The lowest BCUT2D eigenvalue weighted by Crippen LogP contribution is -2.04. The van der Waals surface area contributed by atoms with Gasteiger partial charge in [0.2, 0.25) is 0 Å². The zero-order valence-corrected chi connectivity index (χ0v) is 9.39. The topological polar surface area (TPSA) is 63.2 Å². The lowest BCUT2D eigenvalue weighted by atomic mass is 10.2. The molecule has 0 spiro atoms. The Morgan fingerprint density at radius 2 is 1.88 bits per heavy atom. The van der Waals surface area contributed by atoms with Gasteiger partial charge in [0.15, 0.2) is 5.92 Å². The summed E-state index contributed by atoms with van der Waals surface area (Å²) in [5, 5.41) is 20.8. The summed E-state index contributed by atoms with van der Waals surface area (Å²) >= 11 is 5.83. The van der Waals surface area contributed by atoms with E-state index in [4.69, 9.17) is 22.3 Å². The van der Waals surface area contributed by atoms with Crippen LogP contribution in [0.5, 0.6) is 0 Å². The Kier molecular flexibility index (Phi) is 4.32. The first-order valence-electron chi connectivity index (χ1n) is 4.53. The summed E-state index contributed by atoms with van der Waals surface area (Å²) in [4.78, 5) is 0. The van der Waals surface area contributed by atoms with Crippen LogP contribution in [-0.4, -0.2) is 6.21 Å². The Balaban J connectivity index is 2.73. The molecule has 0 unspecified atom stereocenters. The molecule has 0 aliphatic carbocycles. The largest absolute Gasteiger partial charge is 0.196 e. The molecule has 5 heteroatoms. The zero-order valence-electron chi connectivity index (χ0n) is 8.63. The summed E-state index contributed by atoms with van der Waals surface area (Å²) in [7, 11) is 0. The predicted octanol–water partition coefficient (Wildman–Crippen LogP) is 2.60. The minimum absolute atomic E-state index is 0.679. The van der Waals surface area contributed by atoms with Gasteiger partial charge in [-0.25, -0.2) is 0 Å². The van der Waals surface area contributed by atoms with Gasteiger partial charge in [-0.3, -0.25) is 0 Å². The highest BCUT2D eigenvalue weighted by Gasteiger charge is 2.03. The maximum atomic E-state index is 8.52. The van der Waals surface area contributed by atoms with Crippen molar-refractivity contribution in [1.29, 1.82) is 10.5 Å². The van der Waals surface area contributed by atoms with Crippen molar-refractivity contribution in [1.82, 2.24) is 0 Å². The molecule has 4 nitrogen and oxygen atoms in total. The molecule has 80 valence electrons. The fourth-order valence-corrected chi connectivity index (χ4v) is 1.12. The minimum atomic E-state index is -0.883. The molecule has 16 heavy (non-hydrogen) atoms. The van der Waals surface area contributed by atoms with Crippen LogP contribution in [0.25, 0.3) is 0 Å². The molecule has 0 aliphatic rings. The Labute approximate surface area is 99.1 Å². The number of hydrogen-bond donors (Lipinski definition) is 0. The molecule has 0 fully saturated rings. The van der Waals surface area contributed by atoms with Crippen LogP contribution in [0, 0.1) is 35.5 Å². The summed E-state index contributed by atoms with van der Waals surface area (Å²) in [6, 6.07) is 10.9. The van der Waals surface area contributed by atoms with Crippen molar-refractivity contribution < 1.29 is 0 Å². The summed E-state index contributed by atoms with van der Waals surface area (Å²) in [6.07, 6.45) is 1.20. The lowest BCUT2D eigenvalue weighted by Gasteiger charge is -2.08. The van der Waals surface area contributed by atoms with Crippen LogP contribution >= 0.6 is 11.8 Å². The van der Waals surface area contributed by atoms with Gasteiger partial charge in [0.25, 0.3) is 0 Å². The Morgan fingerprint density at radius 1 is 1.31 bits per heavy atom. The molecule has 0 heterocycles. The van der Waals surface area contributed by atoms with Crippen LogP contribution in [0.3, 0.4) is 0 Å². The third kappa shape index (κ3) is 3.27. The predicted molar refractivity (Wildman–Crippen MR) is 62.7 cm³/mol. The molecule has 0 atom stereocenters. The first-order valence-corrected chi connectivity index (χ1v) is 4.87. The first-order chi connectivity index (χ1) is 7.67. The maximum Gasteiger partial charge on any atom is 0.170 e. The number of hydrogen-bond acceptors (Lipinski definition) is 4. The Bertz CT molecular complexity index is 438. The fourth-order valence-electron chi connectivity index (χ4n) is 0.955. The zero-order chi connectivity index (χ0) is 12.0. The van der Waals surface area contributed by atoms with E-state index in [-0.39, 0.29) is 0 Å². The number of nitrogens with zero attached hydrogens (tertiary/aromatic N) is 4. The number of nitriles is 2. The normalized spacial score (nSPS) is 10.1. The number of benzene rings is 1. The summed E-state index contributed by atoms with van der Waals surface area (Å²) in [5.74, 6) is -0.883. The van der Waals surface area contributed by atoms with E-state index in [2.05, 4.69) is 5.10 Å². The van der Waals surface area contributed by atoms with Crippen molar-refractivity contribution in [3.8, 4) is 12.1 Å². The van der Waals surface area contributed by atoms with E-state index >= 15 is 0 Å². The third-order valence-electron chi connectivity index (χ3n) is 1.84. The van der Waals surface area contributed by atoms with Gasteiger partial charge in [-0.2, -0.15) is 20.2 Å². The number of halogens is 1. The van der Waals surface area contributed by atoms with Crippen molar-refractivity contribution in [3.05, 3.63) is 29.8 Å². The molecule has 1 aromatic carbocycles. The third-order valence-corrected chi connectivity index (χ3v) is 2.12. The molecule has 0 bridgehead atoms. The fraction of sp³-hybridized carbons (Fsp3) is 0.182. The quantitative estimate of drug-likeness (QED) is 0.457. The van der Waals surface area contributed by atoms with E-state index in [1.165, 1.54) is 6.21 Å². The van der Waals surface area contributed by atoms with Crippen molar-refractivity contribution >= 4 is 23.7 Å². The second-order valence-corrected chi connectivity index (χ2v) is 3.42. The molecule has 0 aliphatic heterocycles. The molecule has 0 radical (unpaired) electrons. The Hall–Kier alpha value is -2.04. The van der Waals surface area contributed by atoms with Crippen LogP contribution in [0.4, 0.5) is 5.69 Å². The molecule has 0 aromatic heterocycles. The highest BCUT2D eigenvalue weighted by atomic mass is 35.5. The highest BCUT2D eigenvalue weighted by molar-refractivity contribution is 6.25. The van der Waals surface area contributed by atoms with Gasteiger partial charge in [0.1, 0.15) is 0 Å². The standard InChI is InChI=1S/C11H9ClN4/c1-9-2-4-11(5-3-9)16(12)15-8-10(6-13)7-14/h2-5,8,10H,1H3. The van der Waals surface area contributed by atoms with Crippen molar-refractivity contribution in [2.45, 2.75) is 6.92 Å². The highest BCUT2D eigenvalue weighted by Crippen LogP contribution is 2.17. The van der Waals surface area contributed by atoms with Crippen molar-refractivity contribution in [2.24, 2.45) is 11.0 Å². The lowest BCUT2D eigenvalue weighted by molar-refractivity contribution is 1.12.